The second-order valence-corrected chi connectivity index (χ2v) is 7.58. The third-order valence-corrected chi connectivity index (χ3v) is 5.41. The molecule has 0 aromatic heterocycles. The maximum atomic E-state index is 12.1. The average molecular weight is 290 g/mol. The van der Waals surface area contributed by atoms with E-state index in [4.69, 9.17) is 0 Å². The molecule has 2 fully saturated rings. The molecule has 6 nitrogen and oxygen atoms in total. The highest BCUT2D eigenvalue weighted by molar-refractivity contribution is 7.87. The van der Waals surface area contributed by atoms with Crippen LogP contribution >= 0.6 is 0 Å². The van der Waals surface area contributed by atoms with Gasteiger partial charge in [0.1, 0.15) is 0 Å². The van der Waals surface area contributed by atoms with Gasteiger partial charge in [0.15, 0.2) is 0 Å². The molecule has 1 aliphatic carbocycles. The van der Waals surface area contributed by atoms with Gasteiger partial charge in [0.2, 0.25) is 0 Å². The Morgan fingerprint density at radius 1 is 1.26 bits per heavy atom. The highest BCUT2D eigenvalue weighted by Crippen LogP contribution is 2.18. The van der Waals surface area contributed by atoms with Crippen molar-refractivity contribution in [3.05, 3.63) is 0 Å². The van der Waals surface area contributed by atoms with Crippen molar-refractivity contribution in [3.8, 4) is 0 Å². The number of rotatable bonds is 8. The monoisotopic (exact) mass is 290 g/mol. The molecule has 0 radical (unpaired) electrons. The van der Waals surface area contributed by atoms with Crippen LogP contribution in [0.25, 0.3) is 0 Å². The molecular weight excluding hydrogens is 264 g/mol. The van der Waals surface area contributed by atoms with E-state index in [9.17, 15) is 8.42 Å². The van der Waals surface area contributed by atoms with Gasteiger partial charge in [-0.3, -0.25) is 0 Å². The predicted octanol–water partition coefficient (Wildman–Crippen LogP) is -0.401. The minimum Gasteiger partial charge on any atom is -0.314 e. The smallest absolute Gasteiger partial charge is 0.279 e. The summed E-state index contributed by atoms with van der Waals surface area (Å²) in [4.78, 5) is 2.15. The molecule has 0 bridgehead atoms. The third-order valence-electron chi connectivity index (χ3n) is 3.78. The summed E-state index contributed by atoms with van der Waals surface area (Å²) in [6.45, 7) is 3.23. The highest BCUT2D eigenvalue weighted by atomic mass is 32.2. The quantitative estimate of drug-likeness (QED) is 0.597. The topological polar surface area (TPSA) is 64.7 Å². The molecule has 0 aromatic carbocycles. The molecule has 1 unspecified atom stereocenters. The Morgan fingerprint density at radius 2 is 2.00 bits per heavy atom. The van der Waals surface area contributed by atoms with E-state index in [-0.39, 0.29) is 6.04 Å². The first-order valence-electron chi connectivity index (χ1n) is 7.13. The minimum atomic E-state index is -3.32. The van der Waals surface area contributed by atoms with E-state index >= 15 is 0 Å². The van der Waals surface area contributed by atoms with Crippen LogP contribution in [0.2, 0.25) is 0 Å². The zero-order valence-electron chi connectivity index (χ0n) is 11.9. The van der Waals surface area contributed by atoms with E-state index in [1.165, 1.54) is 17.1 Å². The van der Waals surface area contributed by atoms with Crippen LogP contribution in [-0.2, 0) is 10.2 Å². The van der Waals surface area contributed by atoms with Crippen molar-refractivity contribution in [3.63, 3.8) is 0 Å². The van der Waals surface area contributed by atoms with Crippen LogP contribution in [0.1, 0.15) is 25.7 Å². The molecule has 2 N–H and O–H groups in total. The van der Waals surface area contributed by atoms with Crippen molar-refractivity contribution >= 4 is 10.2 Å². The van der Waals surface area contributed by atoms with Crippen molar-refractivity contribution in [2.24, 2.45) is 0 Å². The first-order valence-corrected chi connectivity index (χ1v) is 8.57. The summed E-state index contributed by atoms with van der Waals surface area (Å²) in [7, 11) is 0.343. The van der Waals surface area contributed by atoms with Gasteiger partial charge >= 0.3 is 0 Å². The molecule has 112 valence electrons. The van der Waals surface area contributed by atoms with E-state index in [1.54, 1.807) is 7.05 Å². The first kappa shape index (κ1) is 15.2. The Hall–Kier alpha value is -0.210. The van der Waals surface area contributed by atoms with Crippen LogP contribution in [-0.4, -0.2) is 70.0 Å². The van der Waals surface area contributed by atoms with Gasteiger partial charge in [-0.2, -0.15) is 17.4 Å². The molecule has 7 heteroatoms. The van der Waals surface area contributed by atoms with Crippen LogP contribution in [0, 0.1) is 0 Å². The Balaban J connectivity index is 1.67. The fourth-order valence-electron chi connectivity index (χ4n) is 2.35. The SMILES string of the molecule is CN1CCC(NS(=O)(=O)N(C)CCCNC2CC2)C1. The molecule has 2 aliphatic rings. The van der Waals surface area contributed by atoms with Crippen LogP contribution in [0.4, 0.5) is 0 Å². The molecule has 19 heavy (non-hydrogen) atoms. The zero-order valence-corrected chi connectivity index (χ0v) is 12.7. The van der Waals surface area contributed by atoms with Crippen LogP contribution in [0.5, 0.6) is 0 Å². The summed E-state index contributed by atoms with van der Waals surface area (Å²) in [5, 5.41) is 3.39. The van der Waals surface area contributed by atoms with Gasteiger partial charge in [0.05, 0.1) is 0 Å². The summed E-state index contributed by atoms with van der Waals surface area (Å²) in [6.07, 6.45) is 4.29. The fraction of sp³-hybridized carbons (Fsp3) is 1.00. The zero-order chi connectivity index (χ0) is 13.9. The molecule has 1 aliphatic heterocycles. The largest absolute Gasteiger partial charge is 0.314 e. The fourth-order valence-corrected chi connectivity index (χ4v) is 3.51. The second-order valence-electron chi connectivity index (χ2n) is 5.77. The summed E-state index contributed by atoms with van der Waals surface area (Å²) >= 11 is 0. The molecule has 2 rings (SSSR count). The number of hydrogen-bond acceptors (Lipinski definition) is 4. The van der Waals surface area contributed by atoms with Crippen molar-refractivity contribution in [1.29, 1.82) is 0 Å². The van der Waals surface area contributed by atoms with Gasteiger partial charge in [-0.1, -0.05) is 0 Å². The summed E-state index contributed by atoms with van der Waals surface area (Å²) in [5.41, 5.74) is 0. The second kappa shape index (κ2) is 6.49. The molecule has 1 saturated carbocycles. The van der Waals surface area contributed by atoms with Gasteiger partial charge in [0, 0.05) is 32.2 Å². The molecule has 0 spiro atoms. The number of nitrogens with zero attached hydrogens (tertiary/aromatic N) is 2. The summed E-state index contributed by atoms with van der Waals surface area (Å²) in [5.74, 6) is 0. The molecule has 0 amide bonds. The number of nitrogens with one attached hydrogen (secondary N) is 2. The lowest BCUT2D eigenvalue weighted by atomic mass is 10.3. The van der Waals surface area contributed by atoms with E-state index < -0.39 is 10.2 Å². The van der Waals surface area contributed by atoms with E-state index in [0.717, 1.165) is 32.5 Å². The van der Waals surface area contributed by atoms with Gasteiger partial charge in [-0.15, -0.1) is 0 Å². The summed E-state index contributed by atoms with van der Waals surface area (Å²) in [6, 6.07) is 0.746. The van der Waals surface area contributed by atoms with Gasteiger partial charge in [-0.25, -0.2) is 0 Å². The number of hydrogen-bond donors (Lipinski definition) is 2. The highest BCUT2D eigenvalue weighted by Gasteiger charge is 2.26. The predicted molar refractivity (Wildman–Crippen MR) is 76.2 cm³/mol. The molecular formula is C12H26N4O2S. The van der Waals surface area contributed by atoms with Crippen molar-refractivity contribution < 1.29 is 8.42 Å². The van der Waals surface area contributed by atoms with Crippen LogP contribution in [0.15, 0.2) is 0 Å². The molecule has 1 atom stereocenters. The molecule has 1 saturated heterocycles. The third kappa shape index (κ3) is 5.00. The number of likely N-dealkylation sites (tertiary alicyclic amines) is 1. The maximum absolute atomic E-state index is 12.1. The number of likely N-dealkylation sites (N-methyl/N-ethyl adjacent to an activating group) is 1. The lowest BCUT2D eigenvalue weighted by Gasteiger charge is -2.20. The average Bonchev–Trinajstić information content (AvgIpc) is 3.08. The minimum absolute atomic E-state index is 0.0574. The lowest BCUT2D eigenvalue weighted by molar-refractivity contribution is 0.400. The maximum Gasteiger partial charge on any atom is 0.279 e. The summed E-state index contributed by atoms with van der Waals surface area (Å²) < 4.78 is 28.4. The Labute approximate surface area is 116 Å². The lowest BCUT2D eigenvalue weighted by Crippen LogP contribution is -2.45. The first-order chi connectivity index (χ1) is 8.97. The van der Waals surface area contributed by atoms with Crippen molar-refractivity contribution in [1.82, 2.24) is 19.2 Å². The van der Waals surface area contributed by atoms with E-state index in [1.807, 2.05) is 7.05 Å². The van der Waals surface area contributed by atoms with Crippen LogP contribution in [0.3, 0.4) is 0 Å². The van der Waals surface area contributed by atoms with Gasteiger partial charge in [0.25, 0.3) is 10.2 Å². The van der Waals surface area contributed by atoms with Crippen LogP contribution < -0.4 is 10.0 Å². The van der Waals surface area contributed by atoms with Crippen molar-refractivity contribution in [2.45, 2.75) is 37.8 Å². The Morgan fingerprint density at radius 3 is 2.58 bits per heavy atom. The molecule has 1 heterocycles. The Kier molecular flexibility index (Phi) is 5.19. The van der Waals surface area contributed by atoms with E-state index in [2.05, 4.69) is 14.9 Å². The standard InChI is InChI=1S/C12H26N4O2S/c1-15-9-6-12(10-15)14-19(17,18)16(2)8-3-7-13-11-4-5-11/h11-14H,3-10H2,1-2H3. The van der Waals surface area contributed by atoms with Gasteiger partial charge < -0.3 is 10.2 Å². The molecule has 0 aromatic rings. The van der Waals surface area contributed by atoms with Crippen molar-refractivity contribution in [2.75, 3.05) is 40.3 Å². The van der Waals surface area contributed by atoms with E-state index in [0.29, 0.717) is 12.6 Å². The van der Waals surface area contributed by atoms with Gasteiger partial charge in [-0.05, 0) is 45.8 Å². The Bertz CT molecular complexity index is 383. The normalized spacial score (nSPS) is 25.3.